The molecule has 0 aromatic heterocycles. The second-order valence-electron chi connectivity index (χ2n) is 7.14. The molecule has 1 fully saturated rings. The van der Waals surface area contributed by atoms with E-state index in [9.17, 15) is 55.5 Å². The third-order valence-corrected chi connectivity index (χ3v) is 4.99. The zero-order chi connectivity index (χ0) is 25.1. The molecule has 1 heterocycles. The van der Waals surface area contributed by atoms with Crippen LogP contribution in [0.5, 0.6) is 5.75 Å². The molecule has 0 amide bonds. The van der Waals surface area contributed by atoms with E-state index in [1.165, 1.54) is 12.1 Å². The molecule has 9 unspecified atom stereocenters. The number of benzene rings is 1. The summed E-state index contributed by atoms with van der Waals surface area (Å²) in [6.45, 7) is -1.04. The van der Waals surface area contributed by atoms with Gasteiger partial charge in [-0.25, -0.2) is 19.4 Å². The van der Waals surface area contributed by atoms with Gasteiger partial charge in [0.25, 0.3) is 0 Å². The van der Waals surface area contributed by atoms with E-state index >= 15 is 0 Å². The number of hydrogen-bond acceptors (Lipinski definition) is 15. The normalized spacial score (nSPS) is 31.2. The molecule has 2 rings (SSSR count). The highest BCUT2D eigenvalue weighted by Crippen LogP contribution is 2.42. The van der Waals surface area contributed by atoms with Crippen LogP contribution < -0.4 is 0 Å². The lowest BCUT2D eigenvalue weighted by Crippen LogP contribution is -2.66. The van der Waals surface area contributed by atoms with Crippen molar-refractivity contribution in [2.45, 2.75) is 54.6 Å². The molecule has 10 N–H and O–H groups in total. The minimum Gasteiger partial charge on any atom is -0.508 e. The fourth-order valence-corrected chi connectivity index (χ4v) is 3.07. The smallest absolute Gasteiger partial charge is 0.394 e. The highest BCUT2D eigenvalue weighted by atomic mass is 17.2. The standard InChI is InChI=1S/C18H24O15/c19-5-8(21)9(22)10(23)12(25)16(29)32-33-17(30)18(6-3-1-2-4-7(6)20)14(27)11(24)13(26)15(28)31-18/h1-4,8-15,19-28H,5H2. The summed E-state index contributed by atoms with van der Waals surface area (Å²) in [5.74, 6) is -4.45. The summed E-state index contributed by atoms with van der Waals surface area (Å²) in [4.78, 5) is 33.0. The van der Waals surface area contributed by atoms with Crippen LogP contribution in [0.15, 0.2) is 24.3 Å². The van der Waals surface area contributed by atoms with Crippen molar-refractivity contribution in [3.63, 3.8) is 0 Å². The number of aliphatic hydroxyl groups is 9. The lowest BCUT2D eigenvalue weighted by atomic mass is 9.80. The molecule has 1 aliphatic rings. The molecule has 1 aliphatic heterocycles. The van der Waals surface area contributed by atoms with E-state index in [2.05, 4.69) is 9.78 Å². The molecule has 1 saturated heterocycles. The van der Waals surface area contributed by atoms with Gasteiger partial charge in [0.15, 0.2) is 12.4 Å². The number of para-hydroxylation sites is 1. The number of hydrogen-bond donors (Lipinski definition) is 10. The van der Waals surface area contributed by atoms with E-state index in [-0.39, 0.29) is 0 Å². The molecule has 186 valence electrons. The van der Waals surface area contributed by atoms with Crippen LogP contribution in [0, 0.1) is 0 Å². The van der Waals surface area contributed by atoms with Crippen molar-refractivity contribution in [3.8, 4) is 5.75 Å². The molecule has 15 heteroatoms. The Balaban J connectivity index is 2.29. The van der Waals surface area contributed by atoms with Crippen LogP contribution in [0.1, 0.15) is 5.56 Å². The first kappa shape index (κ1) is 26.8. The molecule has 0 radical (unpaired) electrons. The highest BCUT2D eigenvalue weighted by molar-refractivity contribution is 5.84. The van der Waals surface area contributed by atoms with Gasteiger partial charge < -0.3 is 55.8 Å². The SMILES string of the molecule is O=C(OOC(=O)C1(c2ccccc2O)OC(O)C(O)C(O)C1O)C(O)C(O)C(O)C(O)CO. The van der Waals surface area contributed by atoms with Crippen molar-refractivity contribution in [3.05, 3.63) is 29.8 Å². The summed E-state index contributed by atoms with van der Waals surface area (Å²) in [6, 6.07) is 4.61. The van der Waals surface area contributed by atoms with E-state index < -0.39 is 84.5 Å². The number of aliphatic hydroxyl groups excluding tert-OH is 9. The minimum absolute atomic E-state index is 0.578. The third kappa shape index (κ3) is 5.07. The summed E-state index contributed by atoms with van der Waals surface area (Å²) < 4.78 is 4.98. The maximum Gasteiger partial charge on any atom is 0.394 e. The Morgan fingerprint density at radius 1 is 0.970 bits per heavy atom. The quantitative estimate of drug-likeness (QED) is 0.129. The average molecular weight is 480 g/mol. The molecule has 0 saturated carbocycles. The first-order chi connectivity index (χ1) is 15.4. The number of rotatable bonds is 7. The summed E-state index contributed by atoms with van der Waals surface area (Å²) in [5, 5.41) is 97.2. The van der Waals surface area contributed by atoms with Crippen molar-refractivity contribution in [2.24, 2.45) is 0 Å². The van der Waals surface area contributed by atoms with Crippen LogP contribution in [-0.2, 0) is 29.7 Å². The van der Waals surface area contributed by atoms with E-state index in [4.69, 9.17) is 9.84 Å². The molecule has 9 atom stereocenters. The third-order valence-electron chi connectivity index (χ3n) is 4.99. The molecule has 0 bridgehead atoms. The van der Waals surface area contributed by atoms with Gasteiger partial charge in [0.2, 0.25) is 5.60 Å². The molecule has 0 aliphatic carbocycles. The number of aromatic hydroxyl groups is 1. The van der Waals surface area contributed by atoms with Crippen LogP contribution in [0.3, 0.4) is 0 Å². The summed E-state index contributed by atoms with van der Waals surface area (Å²) in [5.41, 5.74) is -3.54. The van der Waals surface area contributed by atoms with Crippen molar-refractivity contribution in [1.29, 1.82) is 0 Å². The molecule has 1 aromatic rings. The lowest BCUT2D eigenvalue weighted by molar-refractivity contribution is -0.339. The van der Waals surface area contributed by atoms with Gasteiger partial charge in [-0.2, -0.15) is 0 Å². The Labute approximate surface area is 184 Å². The zero-order valence-corrected chi connectivity index (χ0v) is 16.6. The van der Waals surface area contributed by atoms with Gasteiger partial charge in [-0.3, -0.25) is 0 Å². The van der Waals surface area contributed by atoms with Crippen LogP contribution in [0.4, 0.5) is 0 Å². The zero-order valence-electron chi connectivity index (χ0n) is 16.6. The fraction of sp³-hybridized carbons (Fsp3) is 0.556. The molecule has 0 spiro atoms. The average Bonchev–Trinajstić information content (AvgIpc) is 2.81. The van der Waals surface area contributed by atoms with Gasteiger partial charge in [-0.15, -0.1) is 0 Å². The lowest BCUT2D eigenvalue weighted by Gasteiger charge is -2.45. The van der Waals surface area contributed by atoms with E-state index in [0.717, 1.165) is 12.1 Å². The van der Waals surface area contributed by atoms with Crippen LogP contribution in [0.2, 0.25) is 0 Å². The first-order valence-corrected chi connectivity index (χ1v) is 9.34. The number of carbonyl (C=O) groups is 2. The van der Waals surface area contributed by atoms with Crippen molar-refractivity contribution >= 4 is 11.9 Å². The monoisotopic (exact) mass is 480 g/mol. The largest absolute Gasteiger partial charge is 0.508 e. The molecule has 15 nitrogen and oxygen atoms in total. The molecular weight excluding hydrogens is 456 g/mol. The summed E-state index contributed by atoms with van der Waals surface area (Å²) >= 11 is 0. The molecular formula is C18H24O15. The molecule has 1 aromatic carbocycles. The van der Waals surface area contributed by atoms with Crippen LogP contribution in [0.25, 0.3) is 0 Å². The number of phenols is 1. The predicted molar refractivity (Wildman–Crippen MR) is 98.2 cm³/mol. The van der Waals surface area contributed by atoms with Gasteiger partial charge in [0.1, 0.15) is 42.4 Å². The first-order valence-electron chi connectivity index (χ1n) is 9.34. The van der Waals surface area contributed by atoms with E-state index in [1.807, 2.05) is 0 Å². The summed E-state index contributed by atoms with van der Waals surface area (Å²) in [7, 11) is 0. The second kappa shape index (κ2) is 10.7. The van der Waals surface area contributed by atoms with E-state index in [1.54, 1.807) is 0 Å². The van der Waals surface area contributed by atoms with Crippen LogP contribution >= 0.6 is 0 Å². The highest BCUT2D eigenvalue weighted by Gasteiger charge is 2.62. The van der Waals surface area contributed by atoms with Gasteiger partial charge in [-0.1, -0.05) is 18.2 Å². The Hall–Kier alpha value is -2.44. The van der Waals surface area contributed by atoms with Crippen molar-refractivity contribution in [2.75, 3.05) is 6.61 Å². The maximum atomic E-state index is 12.8. The molecule has 33 heavy (non-hydrogen) atoms. The number of ether oxygens (including phenoxy) is 1. The van der Waals surface area contributed by atoms with E-state index in [0.29, 0.717) is 0 Å². The predicted octanol–water partition coefficient (Wildman–Crippen LogP) is -5.54. The second-order valence-corrected chi connectivity index (χ2v) is 7.14. The maximum absolute atomic E-state index is 12.8. The fourth-order valence-electron chi connectivity index (χ4n) is 3.07. The van der Waals surface area contributed by atoms with Crippen molar-refractivity contribution < 1.29 is 75.2 Å². The number of carbonyl (C=O) groups excluding carboxylic acids is 2. The summed E-state index contributed by atoms with van der Waals surface area (Å²) in [6.07, 6.45) is -18.2. The minimum atomic E-state index is -2.96. The topological polar surface area (TPSA) is 264 Å². The van der Waals surface area contributed by atoms with Gasteiger partial charge >= 0.3 is 11.9 Å². The Morgan fingerprint density at radius 3 is 2.15 bits per heavy atom. The Kier molecular flexibility index (Phi) is 8.66. The Bertz CT molecular complexity index is 833. The van der Waals surface area contributed by atoms with Gasteiger partial charge in [-0.05, 0) is 6.07 Å². The van der Waals surface area contributed by atoms with Gasteiger partial charge in [0.05, 0.1) is 6.61 Å². The van der Waals surface area contributed by atoms with Crippen molar-refractivity contribution in [1.82, 2.24) is 0 Å². The number of phenolic OH excluding ortho intramolecular Hbond substituents is 1. The Morgan fingerprint density at radius 2 is 1.58 bits per heavy atom. The van der Waals surface area contributed by atoms with Crippen LogP contribution in [-0.4, -0.2) is 119 Å². The van der Waals surface area contributed by atoms with Gasteiger partial charge in [0, 0.05) is 5.56 Å².